The molecular formula is C5H3BrClFN2. The summed E-state index contributed by atoms with van der Waals surface area (Å²) in [6.07, 6.45) is 0. The monoisotopic (exact) mass is 224 g/mol. The van der Waals surface area contributed by atoms with Crippen LogP contribution in [0.15, 0.2) is 10.5 Å². The van der Waals surface area contributed by atoms with Gasteiger partial charge in [0.05, 0.1) is 10.2 Å². The van der Waals surface area contributed by atoms with E-state index >= 15 is 0 Å². The van der Waals surface area contributed by atoms with E-state index in [9.17, 15) is 4.39 Å². The maximum Gasteiger partial charge on any atom is 0.237 e. The lowest BCUT2D eigenvalue weighted by Crippen LogP contribution is -1.94. The normalized spacial score (nSPS) is 9.90. The highest BCUT2D eigenvalue weighted by atomic mass is 79.9. The second-order valence-corrected chi connectivity index (χ2v) is 2.85. The fraction of sp³-hybridized carbons (Fsp3) is 0. The van der Waals surface area contributed by atoms with E-state index < -0.39 is 5.95 Å². The molecule has 0 saturated heterocycles. The van der Waals surface area contributed by atoms with Gasteiger partial charge in [-0.1, -0.05) is 11.6 Å². The zero-order valence-corrected chi connectivity index (χ0v) is 7.08. The fourth-order valence-electron chi connectivity index (χ4n) is 0.460. The van der Waals surface area contributed by atoms with Crippen molar-refractivity contribution in [2.45, 2.75) is 0 Å². The lowest BCUT2D eigenvalue weighted by molar-refractivity contribution is 0.588. The highest BCUT2D eigenvalue weighted by Crippen LogP contribution is 2.23. The van der Waals surface area contributed by atoms with Gasteiger partial charge in [0.25, 0.3) is 0 Å². The third-order valence-corrected chi connectivity index (χ3v) is 2.03. The number of pyridine rings is 1. The lowest BCUT2D eigenvalue weighted by Gasteiger charge is -1.97. The average Bonchev–Trinajstić information content (AvgIpc) is 1.84. The molecule has 5 heteroatoms. The molecule has 1 rings (SSSR count). The Balaban J connectivity index is 3.28. The molecule has 10 heavy (non-hydrogen) atoms. The zero-order valence-electron chi connectivity index (χ0n) is 4.74. The van der Waals surface area contributed by atoms with Crippen molar-refractivity contribution in [3.8, 4) is 0 Å². The largest absolute Gasteiger partial charge is 0.395 e. The second-order valence-electron chi connectivity index (χ2n) is 1.64. The second kappa shape index (κ2) is 2.72. The standard InChI is InChI=1S/C5H3BrClFN2/c6-2-1-3(9)5(8)10-4(2)7/h1H,9H2. The van der Waals surface area contributed by atoms with Crippen LogP contribution >= 0.6 is 27.5 Å². The molecule has 0 radical (unpaired) electrons. The van der Waals surface area contributed by atoms with E-state index in [1.165, 1.54) is 6.07 Å². The molecule has 0 saturated carbocycles. The Hall–Kier alpha value is -0.350. The number of nitrogen functional groups attached to an aromatic ring is 1. The topological polar surface area (TPSA) is 38.9 Å². The van der Waals surface area contributed by atoms with Crippen LogP contribution in [0.5, 0.6) is 0 Å². The number of hydrogen-bond acceptors (Lipinski definition) is 2. The van der Waals surface area contributed by atoms with Crippen molar-refractivity contribution >= 4 is 33.2 Å². The number of rotatable bonds is 0. The van der Waals surface area contributed by atoms with Crippen molar-refractivity contribution in [1.29, 1.82) is 0 Å². The molecule has 1 aromatic heterocycles. The Kier molecular flexibility index (Phi) is 2.11. The van der Waals surface area contributed by atoms with Crippen LogP contribution in [-0.2, 0) is 0 Å². The highest BCUT2D eigenvalue weighted by Gasteiger charge is 2.04. The van der Waals surface area contributed by atoms with Crippen LogP contribution in [0.2, 0.25) is 5.15 Å². The predicted octanol–water partition coefficient (Wildman–Crippen LogP) is 2.22. The first-order chi connectivity index (χ1) is 4.61. The lowest BCUT2D eigenvalue weighted by atomic mass is 10.4. The number of halogens is 3. The van der Waals surface area contributed by atoms with Crippen LogP contribution in [0.25, 0.3) is 0 Å². The maximum absolute atomic E-state index is 12.4. The van der Waals surface area contributed by atoms with Gasteiger partial charge in [0.2, 0.25) is 5.95 Å². The van der Waals surface area contributed by atoms with Crippen molar-refractivity contribution < 1.29 is 4.39 Å². The fourth-order valence-corrected chi connectivity index (χ4v) is 0.924. The van der Waals surface area contributed by atoms with E-state index in [-0.39, 0.29) is 10.8 Å². The van der Waals surface area contributed by atoms with Crippen LogP contribution in [0.1, 0.15) is 0 Å². The molecule has 54 valence electrons. The molecule has 0 fully saturated rings. The van der Waals surface area contributed by atoms with Crippen LogP contribution in [0, 0.1) is 5.95 Å². The third kappa shape index (κ3) is 1.38. The summed E-state index contributed by atoms with van der Waals surface area (Å²) in [7, 11) is 0. The maximum atomic E-state index is 12.4. The van der Waals surface area contributed by atoms with Crippen LogP contribution in [0.4, 0.5) is 10.1 Å². The first-order valence-electron chi connectivity index (χ1n) is 2.38. The van der Waals surface area contributed by atoms with Gasteiger partial charge >= 0.3 is 0 Å². The Morgan fingerprint density at radius 3 is 2.80 bits per heavy atom. The molecule has 0 aliphatic rings. The van der Waals surface area contributed by atoms with Gasteiger partial charge in [-0.15, -0.1) is 0 Å². The Bertz CT molecular complexity index is 216. The van der Waals surface area contributed by atoms with Crippen molar-refractivity contribution in [2.24, 2.45) is 0 Å². The summed E-state index contributed by atoms with van der Waals surface area (Å²) in [6.45, 7) is 0. The van der Waals surface area contributed by atoms with E-state index in [0.29, 0.717) is 4.47 Å². The first kappa shape index (κ1) is 7.75. The summed E-state index contributed by atoms with van der Waals surface area (Å²) < 4.78 is 12.9. The Morgan fingerprint density at radius 1 is 1.70 bits per heavy atom. The van der Waals surface area contributed by atoms with Crippen molar-refractivity contribution in [3.63, 3.8) is 0 Å². The number of hydrogen-bond donors (Lipinski definition) is 1. The highest BCUT2D eigenvalue weighted by molar-refractivity contribution is 9.10. The van der Waals surface area contributed by atoms with E-state index in [0.717, 1.165) is 0 Å². The number of anilines is 1. The van der Waals surface area contributed by atoms with E-state index in [1.807, 2.05) is 0 Å². The molecule has 0 aliphatic carbocycles. The third-order valence-electron chi connectivity index (χ3n) is 0.914. The van der Waals surface area contributed by atoms with Crippen molar-refractivity contribution in [3.05, 3.63) is 21.6 Å². The summed E-state index contributed by atoms with van der Waals surface area (Å²) in [6, 6.07) is 1.37. The number of nitrogens with two attached hydrogens (primary N) is 1. The zero-order chi connectivity index (χ0) is 7.72. The minimum Gasteiger partial charge on any atom is -0.395 e. The molecule has 0 spiro atoms. The molecule has 0 aromatic carbocycles. The SMILES string of the molecule is Nc1cc(Br)c(Cl)nc1F. The summed E-state index contributed by atoms with van der Waals surface area (Å²) in [5.41, 5.74) is 5.15. The molecule has 0 aliphatic heterocycles. The molecule has 0 unspecified atom stereocenters. The van der Waals surface area contributed by atoms with Crippen molar-refractivity contribution in [2.75, 3.05) is 5.73 Å². The van der Waals surface area contributed by atoms with Gasteiger partial charge in [-0.2, -0.15) is 4.39 Å². The van der Waals surface area contributed by atoms with Crippen LogP contribution < -0.4 is 5.73 Å². The number of aromatic nitrogens is 1. The molecule has 1 aromatic rings. The van der Waals surface area contributed by atoms with Gasteiger partial charge in [-0.05, 0) is 22.0 Å². The van der Waals surface area contributed by atoms with Crippen LogP contribution in [0.3, 0.4) is 0 Å². The minimum absolute atomic E-state index is 0.0173. The molecule has 2 N–H and O–H groups in total. The van der Waals surface area contributed by atoms with Gasteiger partial charge in [0.1, 0.15) is 5.15 Å². The van der Waals surface area contributed by atoms with E-state index in [1.54, 1.807) is 0 Å². The molecular weight excluding hydrogens is 222 g/mol. The summed E-state index contributed by atoms with van der Waals surface area (Å²) in [5.74, 6) is -0.742. The van der Waals surface area contributed by atoms with Gasteiger partial charge in [-0.3, -0.25) is 0 Å². The predicted molar refractivity (Wildman–Crippen MR) is 41.3 cm³/mol. The summed E-state index contributed by atoms with van der Waals surface area (Å²) in [4.78, 5) is 3.30. The molecule has 1 heterocycles. The average molecular weight is 225 g/mol. The smallest absolute Gasteiger partial charge is 0.237 e. The molecule has 0 amide bonds. The Labute approximate surface area is 70.3 Å². The first-order valence-corrected chi connectivity index (χ1v) is 3.55. The molecule has 2 nitrogen and oxygen atoms in total. The quantitative estimate of drug-likeness (QED) is 0.688. The summed E-state index contributed by atoms with van der Waals surface area (Å²) in [5, 5.41) is 0.0756. The minimum atomic E-state index is -0.742. The Morgan fingerprint density at radius 2 is 2.30 bits per heavy atom. The van der Waals surface area contributed by atoms with Crippen LogP contribution in [-0.4, -0.2) is 4.98 Å². The van der Waals surface area contributed by atoms with E-state index in [4.69, 9.17) is 17.3 Å². The molecule has 0 bridgehead atoms. The van der Waals surface area contributed by atoms with Gasteiger partial charge in [0, 0.05) is 0 Å². The van der Waals surface area contributed by atoms with Gasteiger partial charge < -0.3 is 5.73 Å². The number of nitrogens with zero attached hydrogens (tertiary/aromatic N) is 1. The van der Waals surface area contributed by atoms with E-state index in [2.05, 4.69) is 20.9 Å². The summed E-state index contributed by atoms with van der Waals surface area (Å²) >= 11 is 8.47. The molecule has 0 atom stereocenters. The van der Waals surface area contributed by atoms with Gasteiger partial charge in [0.15, 0.2) is 0 Å². The van der Waals surface area contributed by atoms with Gasteiger partial charge in [-0.25, -0.2) is 4.98 Å². The van der Waals surface area contributed by atoms with Crippen molar-refractivity contribution in [1.82, 2.24) is 4.98 Å².